The third-order valence-electron chi connectivity index (χ3n) is 3.44. The van der Waals surface area contributed by atoms with Gasteiger partial charge in [-0.05, 0) is 30.9 Å². The molecule has 1 aromatic carbocycles. The monoisotopic (exact) mass is 248 g/mol. The number of carbonyl (C=O) groups is 1. The Hall–Kier alpha value is -1.39. The molecule has 1 aliphatic rings. The first-order valence-electron chi connectivity index (χ1n) is 6.50. The van der Waals surface area contributed by atoms with Crippen molar-refractivity contribution >= 4 is 11.6 Å². The normalized spacial score (nSPS) is 20.8. The quantitative estimate of drug-likeness (QED) is 0.752. The Labute approximate surface area is 107 Å². The standard InChI is InChI=1S/C14H20N2O2/c1-2-11(9-17)15-13-8-7-10-5-3-4-6-12(10)16-14(13)18/h3-6,11,13,15,17H,2,7-9H2,1H3,(H,16,18). The van der Waals surface area contributed by atoms with Gasteiger partial charge >= 0.3 is 0 Å². The molecule has 1 heterocycles. The van der Waals surface area contributed by atoms with Crippen LogP contribution < -0.4 is 10.6 Å². The van der Waals surface area contributed by atoms with Gasteiger partial charge in [-0.2, -0.15) is 0 Å². The van der Waals surface area contributed by atoms with E-state index in [1.54, 1.807) is 0 Å². The average Bonchev–Trinajstić information content (AvgIpc) is 2.55. The lowest BCUT2D eigenvalue weighted by molar-refractivity contribution is -0.118. The van der Waals surface area contributed by atoms with Crippen LogP contribution in [0.15, 0.2) is 24.3 Å². The number of carbonyl (C=O) groups excluding carboxylic acids is 1. The highest BCUT2D eigenvalue weighted by molar-refractivity contribution is 5.96. The molecule has 4 heteroatoms. The van der Waals surface area contributed by atoms with Gasteiger partial charge in [0.2, 0.25) is 5.91 Å². The summed E-state index contributed by atoms with van der Waals surface area (Å²) in [5.74, 6) is -0.00755. The second-order valence-corrected chi connectivity index (χ2v) is 4.69. The molecule has 4 nitrogen and oxygen atoms in total. The van der Waals surface area contributed by atoms with Gasteiger partial charge in [-0.25, -0.2) is 0 Å². The summed E-state index contributed by atoms with van der Waals surface area (Å²) in [7, 11) is 0. The average molecular weight is 248 g/mol. The predicted molar refractivity (Wildman–Crippen MR) is 71.5 cm³/mol. The molecule has 2 rings (SSSR count). The summed E-state index contributed by atoms with van der Waals surface area (Å²) in [6.45, 7) is 2.06. The predicted octanol–water partition coefficient (Wildman–Crippen LogP) is 1.30. The minimum Gasteiger partial charge on any atom is -0.395 e. The van der Waals surface area contributed by atoms with Crippen LogP contribution >= 0.6 is 0 Å². The fourth-order valence-electron chi connectivity index (χ4n) is 2.25. The number of hydrogen-bond donors (Lipinski definition) is 3. The lowest BCUT2D eigenvalue weighted by Gasteiger charge is -2.21. The highest BCUT2D eigenvalue weighted by Crippen LogP contribution is 2.21. The molecule has 0 fully saturated rings. The first kappa shape index (κ1) is 13.1. The number of rotatable bonds is 4. The Kier molecular flexibility index (Phi) is 4.33. The Bertz CT molecular complexity index is 416. The third kappa shape index (κ3) is 2.89. The van der Waals surface area contributed by atoms with Crippen molar-refractivity contribution in [1.29, 1.82) is 0 Å². The highest BCUT2D eigenvalue weighted by Gasteiger charge is 2.24. The minimum absolute atomic E-state index is 0.00755. The number of benzene rings is 1. The van der Waals surface area contributed by atoms with Crippen molar-refractivity contribution in [2.24, 2.45) is 0 Å². The molecule has 98 valence electrons. The number of hydrogen-bond acceptors (Lipinski definition) is 3. The number of para-hydroxylation sites is 1. The fraction of sp³-hybridized carbons (Fsp3) is 0.500. The van der Waals surface area contributed by atoms with Crippen LogP contribution in [-0.4, -0.2) is 29.7 Å². The van der Waals surface area contributed by atoms with Crippen molar-refractivity contribution in [1.82, 2.24) is 5.32 Å². The van der Waals surface area contributed by atoms with Gasteiger partial charge in [0.1, 0.15) is 0 Å². The van der Waals surface area contributed by atoms with Crippen molar-refractivity contribution in [3.63, 3.8) is 0 Å². The number of anilines is 1. The van der Waals surface area contributed by atoms with E-state index in [0.29, 0.717) is 0 Å². The van der Waals surface area contributed by atoms with Crippen molar-refractivity contribution in [3.05, 3.63) is 29.8 Å². The van der Waals surface area contributed by atoms with Gasteiger partial charge in [0.15, 0.2) is 0 Å². The van der Waals surface area contributed by atoms with Gasteiger partial charge in [-0.1, -0.05) is 25.1 Å². The number of amides is 1. The molecule has 0 radical (unpaired) electrons. The Morgan fingerprint density at radius 2 is 2.28 bits per heavy atom. The lowest BCUT2D eigenvalue weighted by atomic mass is 10.0. The SMILES string of the molecule is CCC(CO)NC1CCc2ccccc2NC1=O. The van der Waals surface area contributed by atoms with E-state index in [2.05, 4.69) is 10.6 Å². The number of nitrogens with one attached hydrogen (secondary N) is 2. The second kappa shape index (κ2) is 5.98. The summed E-state index contributed by atoms with van der Waals surface area (Å²) < 4.78 is 0. The van der Waals surface area contributed by atoms with Gasteiger partial charge in [0.25, 0.3) is 0 Å². The molecular formula is C14H20N2O2. The maximum Gasteiger partial charge on any atom is 0.241 e. The number of aliphatic hydroxyl groups excluding tert-OH is 1. The van der Waals surface area contributed by atoms with E-state index in [9.17, 15) is 9.90 Å². The van der Waals surface area contributed by atoms with E-state index >= 15 is 0 Å². The first-order valence-corrected chi connectivity index (χ1v) is 6.50. The van der Waals surface area contributed by atoms with E-state index in [1.165, 1.54) is 5.56 Å². The third-order valence-corrected chi connectivity index (χ3v) is 3.44. The first-order chi connectivity index (χ1) is 8.74. The van der Waals surface area contributed by atoms with Crippen LogP contribution in [0.3, 0.4) is 0 Å². The number of fused-ring (bicyclic) bond motifs is 1. The van der Waals surface area contributed by atoms with E-state index in [0.717, 1.165) is 24.9 Å². The van der Waals surface area contributed by atoms with Gasteiger partial charge in [-0.15, -0.1) is 0 Å². The lowest BCUT2D eigenvalue weighted by Crippen LogP contribution is -2.46. The smallest absolute Gasteiger partial charge is 0.241 e. The zero-order chi connectivity index (χ0) is 13.0. The molecule has 0 spiro atoms. The number of aliphatic hydroxyl groups is 1. The minimum atomic E-state index is -0.227. The topological polar surface area (TPSA) is 61.4 Å². The number of aryl methyl sites for hydroxylation is 1. The van der Waals surface area contributed by atoms with E-state index < -0.39 is 0 Å². The molecule has 0 saturated carbocycles. The molecule has 2 atom stereocenters. The summed E-state index contributed by atoms with van der Waals surface area (Å²) in [5, 5.41) is 15.4. The van der Waals surface area contributed by atoms with E-state index in [1.807, 2.05) is 31.2 Å². The molecule has 1 aromatic rings. The van der Waals surface area contributed by atoms with Crippen LogP contribution in [0.5, 0.6) is 0 Å². The summed E-state index contributed by atoms with van der Waals surface area (Å²) in [6, 6.07) is 7.65. The zero-order valence-electron chi connectivity index (χ0n) is 10.6. The molecule has 3 N–H and O–H groups in total. The Morgan fingerprint density at radius 1 is 1.50 bits per heavy atom. The van der Waals surface area contributed by atoms with E-state index in [4.69, 9.17) is 0 Å². The van der Waals surface area contributed by atoms with Gasteiger partial charge < -0.3 is 15.7 Å². The van der Waals surface area contributed by atoms with Gasteiger partial charge in [0, 0.05) is 11.7 Å². The van der Waals surface area contributed by atoms with Gasteiger partial charge in [0.05, 0.1) is 12.6 Å². The van der Waals surface area contributed by atoms with Crippen LogP contribution in [0, 0.1) is 0 Å². The van der Waals surface area contributed by atoms with Crippen molar-refractivity contribution in [2.45, 2.75) is 38.3 Å². The molecular weight excluding hydrogens is 228 g/mol. The van der Waals surface area contributed by atoms with Crippen LogP contribution in [0.4, 0.5) is 5.69 Å². The van der Waals surface area contributed by atoms with Crippen LogP contribution in [0.1, 0.15) is 25.3 Å². The van der Waals surface area contributed by atoms with Crippen molar-refractivity contribution in [3.8, 4) is 0 Å². The molecule has 0 saturated heterocycles. The molecule has 2 unspecified atom stereocenters. The van der Waals surface area contributed by atoms with Gasteiger partial charge in [-0.3, -0.25) is 4.79 Å². The molecule has 1 amide bonds. The van der Waals surface area contributed by atoms with Crippen LogP contribution in [-0.2, 0) is 11.2 Å². The maximum atomic E-state index is 12.1. The summed E-state index contributed by atoms with van der Waals surface area (Å²) in [5.41, 5.74) is 2.08. The summed E-state index contributed by atoms with van der Waals surface area (Å²) >= 11 is 0. The van der Waals surface area contributed by atoms with Crippen molar-refractivity contribution in [2.75, 3.05) is 11.9 Å². The molecule has 18 heavy (non-hydrogen) atoms. The van der Waals surface area contributed by atoms with Crippen LogP contribution in [0.2, 0.25) is 0 Å². The summed E-state index contributed by atoms with van der Waals surface area (Å²) in [4.78, 5) is 12.1. The second-order valence-electron chi connectivity index (χ2n) is 4.69. The fourth-order valence-corrected chi connectivity index (χ4v) is 2.25. The summed E-state index contributed by atoms with van der Waals surface area (Å²) in [6.07, 6.45) is 2.45. The largest absolute Gasteiger partial charge is 0.395 e. The van der Waals surface area contributed by atoms with Crippen LogP contribution in [0.25, 0.3) is 0 Å². The molecule has 0 aliphatic carbocycles. The molecule has 1 aliphatic heterocycles. The molecule has 0 bridgehead atoms. The van der Waals surface area contributed by atoms with Crippen molar-refractivity contribution < 1.29 is 9.90 Å². The maximum absolute atomic E-state index is 12.1. The van der Waals surface area contributed by atoms with E-state index in [-0.39, 0.29) is 24.6 Å². The molecule has 0 aromatic heterocycles. The zero-order valence-corrected chi connectivity index (χ0v) is 10.6. The Balaban J connectivity index is 2.07. The Morgan fingerprint density at radius 3 is 3.00 bits per heavy atom. The highest BCUT2D eigenvalue weighted by atomic mass is 16.3.